The molecule has 98 valence electrons. The van der Waals surface area contributed by atoms with Crippen molar-refractivity contribution in [2.24, 2.45) is 0 Å². The lowest BCUT2D eigenvalue weighted by Gasteiger charge is -2.19. The zero-order chi connectivity index (χ0) is 13.2. The van der Waals surface area contributed by atoms with Crippen LogP contribution in [0, 0.1) is 0 Å². The van der Waals surface area contributed by atoms with E-state index in [1.807, 2.05) is 18.3 Å². The molecule has 2 rings (SSSR count). The van der Waals surface area contributed by atoms with Crippen molar-refractivity contribution in [1.29, 1.82) is 0 Å². The minimum absolute atomic E-state index is 0.0790. The van der Waals surface area contributed by atoms with E-state index in [-0.39, 0.29) is 5.54 Å². The van der Waals surface area contributed by atoms with Crippen LogP contribution in [-0.2, 0) is 13.1 Å². The summed E-state index contributed by atoms with van der Waals surface area (Å²) in [6, 6.07) is 3.78. The van der Waals surface area contributed by atoms with Gasteiger partial charge in [-0.15, -0.1) is 5.10 Å². The minimum atomic E-state index is 0.0790. The fourth-order valence-electron chi connectivity index (χ4n) is 1.45. The number of aromatic nitrogens is 3. The Labute approximate surface area is 115 Å². The molecule has 0 atom stereocenters. The highest BCUT2D eigenvalue weighted by atomic mass is 79.9. The fourth-order valence-corrected chi connectivity index (χ4v) is 1.79. The molecule has 0 spiro atoms. The highest BCUT2D eigenvalue weighted by Crippen LogP contribution is 2.14. The maximum Gasteiger partial charge on any atom is 0.169 e. The van der Waals surface area contributed by atoms with Gasteiger partial charge in [-0.1, -0.05) is 5.21 Å². The number of nitrogens with one attached hydrogen (secondary N) is 1. The molecule has 2 aromatic rings. The first kappa shape index (κ1) is 13.3. The Bertz CT molecular complexity index is 512. The van der Waals surface area contributed by atoms with Gasteiger partial charge in [-0.25, -0.2) is 4.68 Å². The number of hydrogen-bond donors (Lipinski definition) is 1. The maximum atomic E-state index is 5.42. The van der Waals surface area contributed by atoms with Crippen molar-refractivity contribution in [2.45, 2.75) is 39.4 Å². The fraction of sp³-hybridized carbons (Fsp3) is 0.500. The molecule has 5 nitrogen and oxygen atoms in total. The van der Waals surface area contributed by atoms with E-state index in [4.69, 9.17) is 4.42 Å². The number of hydrogen-bond acceptors (Lipinski definition) is 4. The average molecular weight is 313 g/mol. The van der Waals surface area contributed by atoms with E-state index in [1.54, 1.807) is 4.68 Å². The molecule has 0 aliphatic rings. The van der Waals surface area contributed by atoms with E-state index in [0.717, 1.165) is 16.1 Å². The minimum Gasteiger partial charge on any atom is -0.452 e. The number of rotatable bonds is 4. The first-order valence-corrected chi connectivity index (χ1v) is 6.60. The highest BCUT2D eigenvalue weighted by Gasteiger charge is 2.10. The van der Waals surface area contributed by atoms with E-state index >= 15 is 0 Å². The van der Waals surface area contributed by atoms with Crippen LogP contribution in [0.2, 0.25) is 0 Å². The van der Waals surface area contributed by atoms with E-state index in [2.05, 4.69) is 52.3 Å². The van der Waals surface area contributed by atoms with Crippen molar-refractivity contribution < 1.29 is 4.42 Å². The lowest BCUT2D eigenvalue weighted by atomic mass is 10.1. The van der Waals surface area contributed by atoms with Crippen LogP contribution in [0.1, 0.15) is 32.2 Å². The summed E-state index contributed by atoms with van der Waals surface area (Å²) >= 11 is 3.28. The quantitative estimate of drug-likeness (QED) is 0.942. The highest BCUT2D eigenvalue weighted by molar-refractivity contribution is 9.10. The van der Waals surface area contributed by atoms with Crippen molar-refractivity contribution in [3.63, 3.8) is 0 Å². The molecule has 0 saturated carbocycles. The molecule has 0 saturated heterocycles. The molecule has 0 radical (unpaired) electrons. The van der Waals surface area contributed by atoms with E-state index in [0.29, 0.717) is 13.1 Å². The monoisotopic (exact) mass is 312 g/mol. The molecule has 0 fully saturated rings. The molecular weight excluding hydrogens is 296 g/mol. The van der Waals surface area contributed by atoms with Crippen molar-refractivity contribution in [2.75, 3.05) is 0 Å². The molecule has 1 N–H and O–H groups in total. The van der Waals surface area contributed by atoms with Crippen LogP contribution in [0.15, 0.2) is 27.4 Å². The van der Waals surface area contributed by atoms with E-state index in [9.17, 15) is 0 Å². The molecule has 2 heterocycles. The Balaban J connectivity index is 1.94. The predicted octanol–water partition coefficient (Wildman–Crippen LogP) is 2.57. The van der Waals surface area contributed by atoms with Crippen molar-refractivity contribution >= 4 is 15.9 Å². The lowest BCUT2D eigenvalue weighted by molar-refractivity contribution is 0.421. The van der Waals surface area contributed by atoms with Gasteiger partial charge < -0.3 is 9.73 Å². The molecule has 0 aromatic carbocycles. The topological polar surface area (TPSA) is 55.9 Å². The smallest absolute Gasteiger partial charge is 0.169 e. The SMILES string of the molecule is CC(C)(C)NCc1cn(Cc2ccc(Br)o2)nn1. The third-order valence-corrected chi connectivity index (χ3v) is 2.76. The molecule has 18 heavy (non-hydrogen) atoms. The van der Waals surface area contributed by atoms with Crippen molar-refractivity contribution in [1.82, 2.24) is 20.3 Å². The predicted molar refractivity (Wildman–Crippen MR) is 72.1 cm³/mol. The summed E-state index contributed by atoms with van der Waals surface area (Å²) < 4.78 is 7.92. The van der Waals surface area contributed by atoms with Crippen LogP contribution in [-0.4, -0.2) is 20.5 Å². The summed E-state index contributed by atoms with van der Waals surface area (Å²) in [4.78, 5) is 0. The lowest BCUT2D eigenvalue weighted by Crippen LogP contribution is -2.35. The molecule has 0 aliphatic heterocycles. The van der Waals surface area contributed by atoms with Gasteiger partial charge in [0.2, 0.25) is 0 Å². The van der Waals surface area contributed by atoms with Gasteiger partial charge >= 0.3 is 0 Å². The molecule has 6 heteroatoms. The second-order valence-corrected chi connectivity index (χ2v) is 6.00. The Morgan fingerprint density at radius 2 is 2.17 bits per heavy atom. The van der Waals surface area contributed by atoms with Crippen molar-refractivity contribution in [3.8, 4) is 0 Å². The molecule has 0 amide bonds. The summed E-state index contributed by atoms with van der Waals surface area (Å²) in [6.45, 7) is 7.67. The summed E-state index contributed by atoms with van der Waals surface area (Å²) in [5.41, 5.74) is 1.01. The van der Waals surface area contributed by atoms with Crippen molar-refractivity contribution in [3.05, 3.63) is 34.5 Å². The first-order valence-electron chi connectivity index (χ1n) is 5.81. The maximum absolute atomic E-state index is 5.42. The Hall–Kier alpha value is -1.14. The van der Waals surface area contributed by atoms with Gasteiger partial charge in [0.15, 0.2) is 4.67 Å². The van der Waals surface area contributed by atoms with Crippen LogP contribution in [0.25, 0.3) is 0 Å². The van der Waals surface area contributed by atoms with Gasteiger partial charge in [0.25, 0.3) is 0 Å². The molecule has 0 unspecified atom stereocenters. The van der Waals surface area contributed by atoms with Crippen LogP contribution in [0.4, 0.5) is 0 Å². The number of halogens is 1. The molecular formula is C12H17BrN4O. The summed E-state index contributed by atoms with van der Waals surface area (Å²) in [7, 11) is 0. The Morgan fingerprint density at radius 3 is 2.78 bits per heavy atom. The van der Waals surface area contributed by atoms with Gasteiger partial charge in [-0.3, -0.25) is 0 Å². The summed E-state index contributed by atoms with van der Waals surface area (Å²) in [5, 5.41) is 11.6. The molecule has 2 aromatic heterocycles. The summed E-state index contributed by atoms with van der Waals surface area (Å²) in [6.07, 6.45) is 1.93. The Morgan fingerprint density at radius 1 is 1.39 bits per heavy atom. The third-order valence-electron chi connectivity index (χ3n) is 2.33. The van der Waals surface area contributed by atoms with Crippen LogP contribution in [0.5, 0.6) is 0 Å². The number of nitrogens with zero attached hydrogens (tertiary/aromatic N) is 3. The van der Waals surface area contributed by atoms with Crippen LogP contribution < -0.4 is 5.32 Å². The van der Waals surface area contributed by atoms with Gasteiger partial charge in [0.1, 0.15) is 12.3 Å². The van der Waals surface area contributed by atoms with E-state index < -0.39 is 0 Å². The second-order valence-electron chi connectivity index (χ2n) is 5.22. The van der Waals surface area contributed by atoms with Gasteiger partial charge in [0, 0.05) is 12.1 Å². The largest absolute Gasteiger partial charge is 0.452 e. The summed E-state index contributed by atoms with van der Waals surface area (Å²) in [5.74, 6) is 0.849. The van der Waals surface area contributed by atoms with Gasteiger partial charge in [-0.05, 0) is 48.8 Å². The van der Waals surface area contributed by atoms with Crippen LogP contribution >= 0.6 is 15.9 Å². The average Bonchev–Trinajstić information content (AvgIpc) is 2.85. The van der Waals surface area contributed by atoms with Gasteiger partial charge in [0.05, 0.1) is 11.9 Å². The molecule has 0 bridgehead atoms. The number of furan rings is 1. The zero-order valence-electron chi connectivity index (χ0n) is 10.8. The van der Waals surface area contributed by atoms with E-state index in [1.165, 1.54) is 0 Å². The Kier molecular flexibility index (Phi) is 3.87. The van der Waals surface area contributed by atoms with Crippen LogP contribution in [0.3, 0.4) is 0 Å². The second kappa shape index (κ2) is 5.24. The standard InChI is InChI=1S/C12H17BrN4O/c1-12(2,3)14-6-9-7-17(16-15-9)8-10-4-5-11(13)18-10/h4-5,7,14H,6,8H2,1-3H3. The zero-order valence-corrected chi connectivity index (χ0v) is 12.4. The first-order chi connectivity index (χ1) is 8.42. The third kappa shape index (κ3) is 3.96. The van der Waals surface area contributed by atoms with Gasteiger partial charge in [-0.2, -0.15) is 0 Å². The normalized spacial score (nSPS) is 12.0. The molecule has 0 aliphatic carbocycles.